The van der Waals surface area contributed by atoms with Crippen LogP contribution in [-0.4, -0.2) is 45.5 Å². The Morgan fingerprint density at radius 2 is 1.95 bits per heavy atom. The molecule has 1 rings (SSSR count). The van der Waals surface area contributed by atoms with Crippen LogP contribution in [0.5, 0.6) is 0 Å². The summed E-state index contributed by atoms with van der Waals surface area (Å²) in [7, 11) is -2.92. The first-order chi connectivity index (χ1) is 9.51. The lowest BCUT2D eigenvalue weighted by molar-refractivity contribution is 0.410. The van der Waals surface area contributed by atoms with Crippen LogP contribution in [0.3, 0.4) is 0 Å². The van der Waals surface area contributed by atoms with Gasteiger partial charge in [0.15, 0.2) is 5.96 Å². The molecule has 5 nitrogen and oxygen atoms in total. The molecule has 20 heavy (non-hydrogen) atoms. The maximum absolute atomic E-state index is 11.2. The SMILES string of the molecule is CCCCN=C(NCCS(C)(=O)=O)NC1CCCCC1. The Morgan fingerprint density at radius 3 is 2.55 bits per heavy atom. The van der Waals surface area contributed by atoms with Crippen molar-refractivity contribution in [1.29, 1.82) is 0 Å². The van der Waals surface area contributed by atoms with E-state index in [4.69, 9.17) is 0 Å². The molecule has 1 aliphatic carbocycles. The summed E-state index contributed by atoms with van der Waals surface area (Å²) < 4.78 is 22.3. The maximum atomic E-state index is 11.2. The van der Waals surface area contributed by atoms with E-state index in [1.807, 2.05) is 0 Å². The van der Waals surface area contributed by atoms with Gasteiger partial charge >= 0.3 is 0 Å². The van der Waals surface area contributed by atoms with Crippen molar-refractivity contribution in [3.8, 4) is 0 Å². The van der Waals surface area contributed by atoms with E-state index in [2.05, 4.69) is 22.5 Å². The number of hydrogen-bond acceptors (Lipinski definition) is 3. The molecule has 1 fully saturated rings. The molecule has 1 aliphatic rings. The van der Waals surface area contributed by atoms with Crippen LogP contribution in [0.1, 0.15) is 51.9 Å². The van der Waals surface area contributed by atoms with Crippen molar-refractivity contribution in [3.63, 3.8) is 0 Å². The standard InChI is InChI=1S/C14H29N3O2S/c1-3-4-10-15-14(16-11-12-20(2,18)19)17-13-8-6-5-7-9-13/h13H,3-12H2,1-2H3,(H2,15,16,17). The Balaban J connectivity index is 2.43. The molecule has 0 spiro atoms. The third kappa shape index (κ3) is 8.40. The van der Waals surface area contributed by atoms with Gasteiger partial charge in [-0.3, -0.25) is 4.99 Å². The largest absolute Gasteiger partial charge is 0.355 e. The predicted octanol–water partition coefficient (Wildman–Crippen LogP) is 1.70. The van der Waals surface area contributed by atoms with Crippen molar-refractivity contribution in [1.82, 2.24) is 10.6 Å². The molecule has 0 aromatic heterocycles. The van der Waals surface area contributed by atoms with E-state index in [0.717, 1.165) is 25.3 Å². The molecule has 0 saturated heterocycles. The van der Waals surface area contributed by atoms with E-state index >= 15 is 0 Å². The van der Waals surface area contributed by atoms with Gasteiger partial charge in [-0.1, -0.05) is 32.6 Å². The zero-order chi connectivity index (χ0) is 14.8. The fourth-order valence-corrected chi connectivity index (χ4v) is 2.77. The molecule has 0 radical (unpaired) electrons. The van der Waals surface area contributed by atoms with E-state index in [-0.39, 0.29) is 5.75 Å². The zero-order valence-electron chi connectivity index (χ0n) is 12.8. The minimum absolute atomic E-state index is 0.145. The average molecular weight is 303 g/mol. The molecular formula is C14H29N3O2S. The van der Waals surface area contributed by atoms with Gasteiger partial charge < -0.3 is 10.6 Å². The van der Waals surface area contributed by atoms with Crippen LogP contribution in [0.2, 0.25) is 0 Å². The molecule has 2 N–H and O–H groups in total. The number of guanidine groups is 1. The molecule has 1 saturated carbocycles. The number of nitrogens with zero attached hydrogens (tertiary/aromatic N) is 1. The second-order valence-corrected chi connectivity index (χ2v) is 7.88. The molecule has 6 heteroatoms. The van der Waals surface area contributed by atoms with Crippen LogP contribution in [0.15, 0.2) is 4.99 Å². The highest BCUT2D eigenvalue weighted by molar-refractivity contribution is 7.90. The molecule has 0 aliphatic heterocycles. The van der Waals surface area contributed by atoms with Crippen molar-refractivity contribution in [2.45, 2.75) is 57.9 Å². The predicted molar refractivity (Wildman–Crippen MR) is 84.9 cm³/mol. The summed E-state index contributed by atoms with van der Waals surface area (Å²) in [6.07, 6.45) is 9.65. The molecule has 0 unspecified atom stereocenters. The van der Waals surface area contributed by atoms with E-state index in [1.165, 1.54) is 38.4 Å². The first-order valence-electron chi connectivity index (χ1n) is 7.74. The highest BCUT2D eigenvalue weighted by Crippen LogP contribution is 2.17. The molecule has 0 amide bonds. The molecule has 0 bridgehead atoms. The highest BCUT2D eigenvalue weighted by Gasteiger charge is 2.14. The van der Waals surface area contributed by atoms with Crippen LogP contribution in [0.25, 0.3) is 0 Å². The van der Waals surface area contributed by atoms with Gasteiger partial charge in [0.05, 0.1) is 5.75 Å². The topological polar surface area (TPSA) is 70.6 Å². The number of rotatable bonds is 7. The fourth-order valence-electron chi connectivity index (χ4n) is 2.30. The Hall–Kier alpha value is -0.780. The summed E-state index contributed by atoms with van der Waals surface area (Å²) in [4.78, 5) is 4.53. The lowest BCUT2D eigenvalue weighted by atomic mass is 9.96. The van der Waals surface area contributed by atoms with Gasteiger partial charge in [0.2, 0.25) is 0 Å². The quantitative estimate of drug-likeness (QED) is 0.427. The van der Waals surface area contributed by atoms with Crippen molar-refractivity contribution >= 4 is 15.8 Å². The van der Waals surface area contributed by atoms with E-state index in [9.17, 15) is 8.42 Å². The Kier molecular flexibility index (Phi) is 7.95. The van der Waals surface area contributed by atoms with E-state index in [0.29, 0.717) is 12.6 Å². The molecule has 118 valence electrons. The lowest BCUT2D eigenvalue weighted by Crippen LogP contribution is -2.45. The minimum Gasteiger partial charge on any atom is -0.355 e. The van der Waals surface area contributed by atoms with E-state index < -0.39 is 9.84 Å². The molecule has 0 atom stereocenters. The van der Waals surface area contributed by atoms with Gasteiger partial charge in [-0.15, -0.1) is 0 Å². The zero-order valence-corrected chi connectivity index (χ0v) is 13.6. The third-order valence-corrected chi connectivity index (χ3v) is 4.44. The Morgan fingerprint density at radius 1 is 1.25 bits per heavy atom. The minimum atomic E-state index is -2.92. The van der Waals surface area contributed by atoms with Crippen LogP contribution >= 0.6 is 0 Å². The molecular weight excluding hydrogens is 274 g/mol. The molecule has 0 aromatic carbocycles. The number of nitrogens with one attached hydrogen (secondary N) is 2. The van der Waals surface area contributed by atoms with Gasteiger partial charge in [-0.2, -0.15) is 0 Å². The average Bonchev–Trinajstić information content (AvgIpc) is 2.38. The Bertz CT molecular complexity index is 387. The summed E-state index contributed by atoms with van der Waals surface area (Å²) in [5.74, 6) is 0.917. The summed E-state index contributed by atoms with van der Waals surface area (Å²) in [5.41, 5.74) is 0. The van der Waals surface area contributed by atoms with Crippen LogP contribution in [-0.2, 0) is 9.84 Å². The Labute approximate surface area is 123 Å². The maximum Gasteiger partial charge on any atom is 0.191 e. The number of aliphatic imine (C=N–C) groups is 1. The summed E-state index contributed by atoms with van der Waals surface area (Å²) >= 11 is 0. The summed E-state index contributed by atoms with van der Waals surface area (Å²) in [6.45, 7) is 3.35. The van der Waals surface area contributed by atoms with Gasteiger partial charge in [-0.25, -0.2) is 8.42 Å². The molecule has 0 heterocycles. The third-order valence-electron chi connectivity index (χ3n) is 3.49. The van der Waals surface area contributed by atoms with Crippen molar-refractivity contribution < 1.29 is 8.42 Å². The highest BCUT2D eigenvalue weighted by atomic mass is 32.2. The molecule has 0 aromatic rings. The number of hydrogen-bond donors (Lipinski definition) is 2. The fraction of sp³-hybridized carbons (Fsp3) is 0.929. The van der Waals surface area contributed by atoms with Crippen LogP contribution in [0, 0.1) is 0 Å². The second kappa shape index (κ2) is 9.21. The first kappa shape index (κ1) is 17.3. The van der Waals surface area contributed by atoms with Crippen molar-refractivity contribution in [3.05, 3.63) is 0 Å². The van der Waals surface area contributed by atoms with Gasteiger partial charge in [0.25, 0.3) is 0 Å². The normalized spacial score (nSPS) is 18.0. The second-order valence-electron chi connectivity index (χ2n) is 5.62. The van der Waals surface area contributed by atoms with Gasteiger partial charge in [0.1, 0.15) is 9.84 Å². The monoisotopic (exact) mass is 303 g/mol. The summed E-state index contributed by atoms with van der Waals surface area (Å²) in [5, 5.41) is 6.59. The van der Waals surface area contributed by atoms with Gasteiger partial charge in [-0.05, 0) is 19.3 Å². The smallest absolute Gasteiger partial charge is 0.191 e. The first-order valence-corrected chi connectivity index (χ1v) is 9.80. The van der Waals surface area contributed by atoms with Crippen molar-refractivity contribution in [2.24, 2.45) is 4.99 Å². The van der Waals surface area contributed by atoms with Crippen molar-refractivity contribution in [2.75, 3.05) is 25.1 Å². The van der Waals surface area contributed by atoms with Crippen LogP contribution < -0.4 is 10.6 Å². The number of sulfone groups is 1. The lowest BCUT2D eigenvalue weighted by Gasteiger charge is -2.25. The van der Waals surface area contributed by atoms with E-state index in [1.54, 1.807) is 0 Å². The van der Waals surface area contributed by atoms with Gasteiger partial charge in [0, 0.05) is 25.4 Å². The van der Waals surface area contributed by atoms with Crippen LogP contribution in [0.4, 0.5) is 0 Å². The summed E-state index contributed by atoms with van der Waals surface area (Å²) in [6, 6.07) is 0.481. The number of unbranched alkanes of at least 4 members (excludes halogenated alkanes) is 1.